The molecule has 10 aliphatic rings. The second-order valence-electron chi connectivity index (χ2n) is 24.6. The van der Waals surface area contributed by atoms with E-state index >= 15 is 0 Å². The van der Waals surface area contributed by atoms with E-state index in [9.17, 15) is 60.3 Å². The van der Waals surface area contributed by atoms with Crippen LogP contribution in [0.4, 0.5) is 0 Å². The molecule has 10 unspecified atom stereocenters. The topological polar surface area (TPSA) is 353 Å². The van der Waals surface area contributed by atoms with Gasteiger partial charge in [0.05, 0.1) is 50.3 Å². The van der Waals surface area contributed by atoms with Crippen molar-refractivity contribution >= 4 is 17.9 Å². The molecule has 0 amide bonds. The van der Waals surface area contributed by atoms with Crippen molar-refractivity contribution in [1.82, 2.24) is 0 Å². The Morgan fingerprint density at radius 3 is 1.98 bits per heavy atom. The second kappa shape index (κ2) is 22.9. The number of aliphatic hydroxyl groups excluding tert-OH is 9. The van der Waals surface area contributed by atoms with E-state index in [1.807, 2.05) is 6.92 Å². The second-order valence-corrected chi connectivity index (χ2v) is 24.6. The fourth-order valence-corrected chi connectivity index (χ4v) is 15.9. The lowest BCUT2D eigenvalue weighted by atomic mass is 9.46. The van der Waals surface area contributed by atoms with E-state index in [0.29, 0.717) is 24.8 Å². The van der Waals surface area contributed by atoms with Gasteiger partial charge in [-0.05, 0) is 80.6 Å². The Morgan fingerprint density at radius 1 is 0.650 bits per heavy atom. The monoisotopic (exact) mass is 1140 g/mol. The van der Waals surface area contributed by atoms with Crippen LogP contribution in [0.5, 0.6) is 0 Å². The molecular weight excluding hydrogens is 1060 g/mol. The van der Waals surface area contributed by atoms with E-state index in [0.717, 1.165) is 39.2 Å². The van der Waals surface area contributed by atoms with Gasteiger partial charge in [-0.25, -0.2) is 0 Å². The molecule has 0 aromatic rings. The number of esters is 3. The lowest BCUT2D eigenvalue weighted by Gasteiger charge is -2.60. The summed E-state index contributed by atoms with van der Waals surface area (Å²) in [6.45, 7) is 16.1. The lowest BCUT2D eigenvalue weighted by Crippen LogP contribution is -2.66. The van der Waals surface area contributed by atoms with Gasteiger partial charge in [-0.15, -0.1) is 0 Å². The van der Waals surface area contributed by atoms with E-state index in [1.165, 1.54) is 6.92 Å². The molecule has 0 radical (unpaired) electrons. The number of allylic oxidation sites excluding steroid dienone is 1. The molecule has 4 aliphatic carbocycles. The summed E-state index contributed by atoms with van der Waals surface area (Å²) in [5.41, 5.74) is 0.319. The Hall–Kier alpha value is -2.87. The average Bonchev–Trinajstić information content (AvgIpc) is 4.09. The molecule has 10 rings (SSSR count). The number of hydrogen-bond acceptors (Lipinski definition) is 25. The van der Waals surface area contributed by atoms with Gasteiger partial charge in [0.1, 0.15) is 67.1 Å². The summed E-state index contributed by atoms with van der Waals surface area (Å²) < 4.78 is 80.7. The third-order valence-electron chi connectivity index (χ3n) is 19.8. The molecule has 9 N–H and O–H groups in total. The van der Waals surface area contributed by atoms with Gasteiger partial charge >= 0.3 is 17.9 Å². The van der Waals surface area contributed by atoms with Crippen LogP contribution in [0.3, 0.4) is 0 Å². The number of fused-ring (bicyclic) bond motifs is 7. The first kappa shape index (κ1) is 60.3. The van der Waals surface area contributed by atoms with Crippen LogP contribution in [-0.2, 0) is 76.0 Å². The molecule has 9 fully saturated rings. The maximum atomic E-state index is 12.8. The van der Waals surface area contributed by atoms with Gasteiger partial charge in [-0.2, -0.15) is 0 Å². The molecule has 80 heavy (non-hydrogen) atoms. The molecule has 0 aromatic heterocycles. The Bertz CT molecular complexity index is 2320. The number of hydrogen-bond donors (Lipinski definition) is 9. The molecule has 25 nitrogen and oxygen atoms in total. The van der Waals surface area contributed by atoms with Gasteiger partial charge in [0, 0.05) is 38.5 Å². The summed E-state index contributed by atoms with van der Waals surface area (Å²) in [6, 6.07) is 0. The molecule has 6 saturated heterocycles. The molecule has 6 aliphatic heterocycles. The van der Waals surface area contributed by atoms with Crippen LogP contribution in [0.15, 0.2) is 23.8 Å². The number of carbonyl (C=O) groups is 3. The SMILES string of the molecule is C=C1CO[C@@]2(O[C@H]3CC4C5CC=C6C[C@@H](O)C[C@@H](O[C@@H]7OC[C@H](O)[C@H](O[C@@H]8OC[C@@H](O)[C@H](O)[C@H]8O)[C@H]7O[C@@H]7O[C@@H](C)[C@H](OC(C)=O)[C@@H](OC(C)=O)[C@H]7OC(C)=O)[C@]6(C)C5CC[C@]4(C)C3C2C)[C@@H](O)[C@H]1OC1OC(C)C(O)C(O)C1O. The molecular formula is C55H82O25. The zero-order valence-corrected chi connectivity index (χ0v) is 46.4. The zero-order chi connectivity index (χ0) is 57.8. The fraction of sp³-hybridized carbons (Fsp3) is 0.873. The summed E-state index contributed by atoms with van der Waals surface area (Å²) in [7, 11) is 0. The molecule has 1 spiro atoms. The Balaban J connectivity index is 0.926. The van der Waals surface area contributed by atoms with Gasteiger partial charge in [0.15, 0.2) is 43.5 Å². The third kappa shape index (κ3) is 10.4. The smallest absolute Gasteiger partial charge is 0.303 e. The molecule has 6 heterocycles. The molecule has 452 valence electrons. The first-order valence-corrected chi connectivity index (χ1v) is 28.2. The van der Waals surface area contributed by atoms with Crippen molar-refractivity contribution < 1.29 is 122 Å². The Kier molecular flexibility index (Phi) is 17.2. The minimum atomic E-state index is -1.81. The van der Waals surface area contributed by atoms with Crippen molar-refractivity contribution in [3.8, 4) is 0 Å². The number of carbonyl (C=O) groups excluding carboxylic acids is 3. The highest BCUT2D eigenvalue weighted by Crippen LogP contribution is 2.71. The van der Waals surface area contributed by atoms with Crippen LogP contribution in [0.2, 0.25) is 0 Å². The van der Waals surface area contributed by atoms with Crippen molar-refractivity contribution in [1.29, 1.82) is 0 Å². The van der Waals surface area contributed by atoms with Crippen LogP contribution in [0.1, 0.15) is 93.9 Å². The molecule has 0 bridgehead atoms. The fourth-order valence-electron chi connectivity index (χ4n) is 15.9. The Morgan fingerprint density at radius 2 is 1.27 bits per heavy atom. The van der Waals surface area contributed by atoms with Gasteiger partial charge in [0.25, 0.3) is 0 Å². The van der Waals surface area contributed by atoms with E-state index in [2.05, 4.69) is 26.5 Å². The molecule has 31 atom stereocenters. The largest absolute Gasteiger partial charge is 0.456 e. The number of rotatable bonds is 11. The third-order valence-corrected chi connectivity index (χ3v) is 19.8. The van der Waals surface area contributed by atoms with Crippen LogP contribution in [0, 0.1) is 40.4 Å². The van der Waals surface area contributed by atoms with Crippen molar-refractivity contribution in [3.05, 3.63) is 23.8 Å². The molecule has 0 aromatic carbocycles. The summed E-state index contributed by atoms with van der Waals surface area (Å²) in [6.07, 6.45) is -25.6. The standard InChI is InChI=1S/C55H82O25/c1-20-17-70-55(48(67)42(20)77-50-41(66)39(64)37(62)22(3)71-50)21(2)36-34(80-55)16-31-29-11-10-27-14-28(59)15-35(54(27,9)30(29)12-13-53(31,36)8)76-51-46(44(33(61)19-69-51)78-49-40(65)38(63)32(60)18-68-49)79-52-47(75-26(7)58)45(74-25(6)57)43(23(4)72-52)73-24(5)56/h10,21-23,28-52,59-67H,1,11-19H2,2-9H3/t21?,22?,23-,28+,29?,30?,31?,32+,33-,34-,35+,36?,37?,38-,39?,40+,41?,42-,43-,44-,45+,46+,47+,48-,49-,50?,51-,52-,53-,54-,55-/m0/s1. The van der Waals surface area contributed by atoms with Crippen molar-refractivity contribution in [3.63, 3.8) is 0 Å². The van der Waals surface area contributed by atoms with Crippen molar-refractivity contribution in [2.24, 2.45) is 40.4 Å². The van der Waals surface area contributed by atoms with Crippen LogP contribution >= 0.6 is 0 Å². The van der Waals surface area contributed by atoms with Gasteiger partial charge < -0.3 is 108 Å². The maximum Gasteiger partial charge on any atom is 0.303 e. The van der Waals surface area contributed by atoms with Crippen LogP contribution in [-0.4, -0.2) is 231 Å². The normalized spacial score (nSPS) is 52.9. The predicted octanol–water partition coefficient (Wildman–Crippen LogP) is -1.11. The van der Waals surface area contributed by atoms with Gasteiger partial charge in [-0.1, -0.05) is 39.0 Å². The Labute approximate surface area is 463 Å². The minimum Gasteiger partial charge on any atom is -0.456 e. The van der Waals surface area contributed by atoms with Gasteiger partial charge in [-0.3, -0.25) is 14.4 Å². The summed E-state index contributed by atoms with van der Waals surface area (Å²) in [5.74, 6) is -4.21. The highest BCUT2D eigenvalue weighted by Gasteiger charge is 2.72. The first-order valence-electron chi connectivity index (χ1n) is 28.2. The van der Waals surface area contributed by atoms with Gasteiger partial charge in [0.2, 0.25) is 5.79 Å². The molecule has 3 saturated carbocycles. The van der Waals surface area contributed by atoms with Crippen molar-refractivity contribution in [2.75, 3.05) is 19.8 Å². The highest BCUT2D eigenvalue weighted by atomic mass is 16.8. The minimum absolute atomic E-state index is 0.0179. The summed E-state index contributed by atoms with van der Waals surface area (Å²) in [5, 5.41) is 99.4. The van der Waals surface area contributed by atoms with E-state index in [-0.39, 0.29) is 54.1 Å². The van der Waals surface area contributed by atoms with Crippen molar-refractivity contribution in [2.45, 2.75) is 241 Å². The lowest BCUT2D eigenvalue weighted by molar-refractivity contribution is -0.382. The van der Waals surface area contributed by atoms with E-state index in [4.69, 9.17) is 61.6 Å². The number of ether oxygens (including phenoxy) is 13. The number of aliphatic hydroxyl groups is 9. The first-order chi connectivity index (χ1) is 37.7. The summed E-state index contributed by atoms with van der Waals surface area (Å²) >= 11 is 0. The van der Waals surface area contributed by atoms with Crippen LogP contribution in [0.25, 0.3) is 0 Å². The highest BCUT2D eigenvalue weighted by molar-refractivity contribution is 5.68. The quantitative estimate of drug-likeness (QED) is 0.0673. The average molecular weight is 1140 g/mol. The van der Waals surface area contributed by atoms with Crippen LogP contribution < -0.4 is 0 Å². The summed E-state index contributed by atoms with van der Waals surface area (Å²) in [4.78, 5) is 37.8. The zero-order valence-electron chi connectivity index (χ0n) is 46.4. The molecule has 25 heteroatoms. The maximum absolute atomic E-state index is 12.8. The predicted molar refractivity (Wildman–Crippen MR) is 266 cm³/mol. The van der Waals surface area contributed by atoms with E-state index in [1.54, 1.807) is 6.92 Å². The van der Waals surface area contributed by atoms with E-state index < -0.39 is 177 Å².